The second-order valence-electron chi connectivity index (χ2n) is 5.30. The molecule has 116 valence electrons. The third-order valence-corrected chi connectivity index (χ3v) is 5.16. The van der Waals surface area contributed by atoms with E-state index in [4.69, 9.17) is 4.65 Å². The van der Waals surface area contributed by atoms with Crippen molar-refractivity contribution in [2.75, 3.05) is 4.72 Å². The summed E-state index contributed by atoms with van der Waals surface area (Å²) in [5.41, 5.74) is 2.57. The van der Waals surface area contributed by atoms with Gasteiger partial charge < -0.3 is 9.68 Å². The minimum absolute atomic E-state index is 0.142. The lowest BCUT2D eigenvalue weighted by Gasteiger charge is -2.09. The van der Waals surface area contributed by atoms with Crippen molar-refractivity contribution in [1.82, 2.24) is 10.2 Å². The van der Waals surface area contributed by atoms with E-state index in [0.29, 0.717) is 23.1 Å². The van der Waals surface area contributed by atoms with Crippen molar-refractivity contribution in [2.24, 2.45) is 0 Å². The van der Waals surface area contributed by atoms with E-state index in [9.17, 15) is 13.4 Å². The molecule has 1 aliphatic heterocycles. The molecule has 1 aromatic heterocycles. The largest absolute Gasteiger partial charge is 0.491 e. The van der Waals surface area contributed by atoms with Crippen LogP contribution < -0.4 is 10.2 Å². The molecule has 3 aromatic rings. The average molecular weight is 329 g/mol. The van der Waals surface area contributed by atoms with Gasteiger partial charge in [0, 0.05) is 11.1 Å². The molecule has 0 atom stereocenters. The summed E-state index contributed by atoms with van der Waals surface area (Å²) in [6.07, 6.45) is 1.57. The van der Waals surface area contributed by atoms with Crippen molar-refractivity contribution in [3.05, 3.63) is 48.2 Å². The zero-order valence-electron chi connectivity index (χ0n) is 11.9. The van der Waals surface area contributed by atoms with Gasteiger partial charge in [-0.2, -0.15) is 5.10 Å². The van der Waals surface area contributed by atoms with Crippen LogP contribution in [0.1, 0.15) is 5.56 Å². The molecule has 0 unspecified atom stereocenters. The molecule has 0 amide bonds. The van der Waals surface area contributed by atoms with Gasteiger partial charge in [-0.05, 0) is 41.4 Å². The van der Waals surface area contributed by atoms with Crippen molar-refractivity contribution in [1.29, 1.82) is 0 Å². The van der Waals surface area contributed by atoms with Crippen LogP contribution >= 0.6 is 0 Å². The lowest BCUT2D eigenvalue weighted by Crippen LogP contribution is -2.28. The fourth-order valence-corrected chi connectivity index (χ4v) is 3.66. The van der Waals surface area contributed by atoms with Crippen LogP contribution in [0.25, 0.3) is 10.9 Å². The SMILES string of the molecule is O=S(=O)(Nc1ccc2c(c1)B(O)OC2)c1ccc2[nH]ncc2c1. The Morgan fingerprint density at radius 3 is 3.00 bits per heavy atom. The van der Waals surface area contributed by atoms with Gasteiger partial charge in [-0.25, -0.2) is 8.42 Å². The molecule has 0 saturated carbocycles. The number of fused-ring (bicyclic) bond motifs is 2. The summed E-state index contributed by atoms with van der Waals surface area (Å²) in [7, 11) is -4.75. The number of anilines is 1. The topological polar surface area (TPSA) is 104 Å². The van der Waals surface area contributed by atoms with Crippen molar-refractivity contribution in [2.45, 2.75) is 11.5 Å². The fourth-order valence-electron chi connectivity index (χ4n) is 2.58. The Bertz CT molecular complexity index is 1000. The Hall–Kier alpha value is -2.36. The summed E-state index contributed by atoms with van der Waals surface area (Å²) in [5.74, 6) is 0. The molecule has 0 radical (unpaired) electrons. The highest BCUT2D eigenvalue weighted by Crippen LogP contribution is 2.21. The predicted molar refractivity (Wildman–Crippen MR) is 85.7 cm³/mol. The predicted octanol–water partition coefficient (Wildman–Crippen LogP) is 0.581. The molecule has 0 aliphatic carbocycles. The molecule has 2 heterocycles. The normalized spacial score (nSPS) is 14.2. The maximum absolute atomic E-state index is 12.5. The fraction of sp³-hybridized carbons (Fsp3) is 0.0714. The van der Waals surface area contributed by atoms with Crippen LogP contribution in [-0.4, -0.2) is 30.8 Å². The van der Waals surface area contributed by atoms with Crippen LogP contribution in [-0.2, 0) is 21.3 Å². The van der Waals surface area contributed by atoms with Crippen LogP contribution in [0.3, 0.4) is 0 Å². The molecule has 0 spiro atoms. The second-order valence-corrected chi connectivity index (χ2v) is 6.98. The minimum Gasteiger partial charge on any atom is -0.423 e. The third-order valence-electron chi connectivity index (χ3n) is 3.78. The van der Waals surface area contributed by atoms with Crippen molar-refractivity contribution in [3.63, 3.8) is 0 Å². The number of hydrogen-bond acceptors (Lipinski definition) is 5. The number of rotatable bonds is 3. The molecule has 2 aromatic carbocycles. The van der Waals surface area contributed by atoms with E-state index in [1.54, 1.807) is 36.5 Å². The van der Waals surface area contributed by atoms with Crippen molar-refractivity contribution >= 4 is 39.2 Å². The number of aromatic amines is 1. The number of hydrogen-bond donors (Lipinski definition) is 3. The standard InChI is InChI=1S/C14H12BN3O4S/c19-15-13-6-11(2-1-9(13)8-22-15)18-23(20,21)12-3-4-14-10(5-12)7-16-17-14/h1-7,18-19H,8H2,(H,16,17). The van der Waals surface area contributed by atoms with Gasteiger partial charge in [-0.3, -0.25) is 9.82 Å². The number of H-pyrrole nitrogens is 1. The lowest BCUT2D eigenvalue weighted by molar-refractivity contribution is 0.275. The molecule has 0 bridgehead atoms. The maximum atomic E-state index is 12.5. The number of sulfonamides is 1. The van der Waals surface area contributed by atoms with Crippen LogP contribution in [0.5, 0.6) is 0 Å². The zero-order valence-corrected chi connectivity index (χ0v) is 12.7. The highest BCUT2D eigenvalue weighted by molar-refractivity contribution is 7.92. The molecule has 7 nitrogen and oxygen atoms in total. The highest BCUT2D eigenvalue weighted by Gasteiger charge is 2.27. The summed E-state index contributed by atoms with van der Waals surface area (Å²) in [6, 6.07) is 9.69. The summed E-state index contributed by atoms with van der Waals surface area (Å²) in [5, 5.41) is 17.1. The smallest absolute Gasteiger partial charge is 0.423 e. The quantitative estimate of drug-likeness (QED) is 0.610. The monoisotopic (exact) mass is 329 g/mol. The van der Waals surface area contributed by atoms with Crippen molar-refractivity contribution < 1.29 is 18.1 Å². The van der Waals surface area contributed by atoms with Crippen molar-refractivity contribution in [3.8, 4) is 0 Å². The number of aromatic nitrogens is 2. The number of benzene rings is 2. The first kappa shape index (κ1) is 14.3. The van der Waals surface area contributed by atoms with E-state index in [1.165, 1.54) is 6.07 Å². The molecule has 9 heteroatoms. The summed E-state index contributed by atoms with van der Waals surface area (Å²) in [6.45, 7) is 0.320. The van der Waals surface area contributed by atoms with Crippen LogP contribution in [0.15, 0.2) is 47.5 Å². The first-order valence-corrected chi connectivity index (χ1v) is 8.40. The third kappa shape index (κ3) is 2.48. The summed E-state index contributed by atoms with van der Waals surface area (Å²) in [4.78, 5) is 0.142. The van der Waals surface area contributed by atoms with E-state index >= 15 is 0 Å². The van der Waals surface area contributed by atoms with Gasteiger partial charge in [0.15, 0.2) is 0 Å². The van der Waals surface area contributed by atoms with Gasteiger partial charge in [-0.15, -0.1) is 0 Å². The molecule has 4 rings (SSSR count). The van der Waals surface area contributed by atoms with E-state index in [2.05, 4.69) is 14.9 Å². The van der Waals surface area contributed by atoms with Gasteiger partial charge in [0.25, 0.3) is 10.0 Å². The minimum atomic E-state index is -3.73. The maximum Gasteiger partial charge on any atom is 0.491 e. The molecule has 0 fully saturated rings. The number of nitrogens with zero attached hydrogens (tertiary/aromatic N) is 1. The zero-order chi connectivity index (χ0) is 16.0. The average Bonchev–Trinajstić information content (AvgIpc) is 3.13. The molecule has 3 N–H and O–H groups in total. The van der Waals surface area contributed by atoms with E-state index < -0.39 is 17.1 Å². The first-order valence-electron chi connectivity index (χ1n) is 6.91. The van der Waals surface area contributed by atoms with Gasteiger partial charge in [-0.1, -0.05) is 6.07 Å². The molecule has 1 aliphatic rings. The second kappa shape index (κ2) is 5.09. The Balaban J connectivity index is 1.68. The molecular formula is C14H12BN3O4S. The molecule has 0 saturated heterocycles. The Kier molecular flexibility index (Phi) is 3.15. The molecule has 23 heavy (non-hydrogen) atoms. The van der Waals surface area contributed by atoms with Crippen LogP contribution in [0, 0.1) is 0 Å². The van der Waals surface area contributed by atoms with E-state index in [0.717, 1.165) is 11.1 Å². The lowest BCUT2D eigenvalue weighted by atomic mass is 9.79. The summed E-state index contributed by atoms with van der Waals surface area (Å²) >= 11 is 0. The van der Waals surface area contributed by atoms with Crippen LogP contribution in [0.2, 0.25) is 0 Å². The summed E-state index contributed by atoms with van der Waals surface area (Å²) < 4.78 is 32.6. The number of nitrogens with one attached hydrogen (secondary N) is 2. The van der Waals surface area contributed by atoms with Gasteiger partial charge in [0.1, 0.15) is 0 Å². The van der Waals surface area contributed by atoms with Gasteiger partial charge >= 0.3 is 7.12 Å². The van der Waals surface area contributed by atoms with Gasteiger partial charge in [0.2, 0.25) is 0 Å². The Morgan fingerprint density at radius 1 is 1.26 bits per heavy atom. The molecular weight excluding hydrogens is 317 g/mol. The Labute approximate surface area is 132 Å². The van der Waals surface area contributed by atoms with E-state index in [-0.39, 0.29) is 4.90 Å². The highest BCUT2D eigenvalue weighted by atomic mass is 32.2. The van der Waals surface area contributed by atoms with E-state index in [1.807, 2.05) is 0 Å². The first-order chi connectivity index (χ1) is 11.0. The van der Waals surface area contributed by atoms with Gasteiger partial charge in [0.05, 0.1) is 23.2 Å². The van der Waals surface area contributed by atoms with Crippen LogP contribution in [0.4, 0.5) is 5.69 Å². The Morgan fingerprint density at radius 2 is 2.13 bits per heavy atom.